The number of nitrogens with zero attached hydrogens (tertiary/aromatic N) is 3. The maximum Gasteiger partial charge on any atom is 0.295 e. The largest absolute Gasteiger partial charge is 0.497 e. The van der Waals surface area contributed by atoms with Crippen LogP contribution < -0.4 is 4.74 Å². The van der Waals surface area contributed by atoms with Gasteiger partial charge in [-0.05, 0) is 43.3 Å². The van der Waals surface area contributed by atoms with Gasteiger partial charge in [0.1, 0.15) is 11.3 Å². The Kier molecular flexibility index (Phi) is 6.26. The van der Waals surface area contributed by atoms with Gasteiger partial charge in [-0.15, -0.1) is 0 Å². The molecule has 1 fully saturated rings. The molecule has 1 aromatic heterocycles. The lowest BCUT2D eigenvalue weighted by Crippen LogP contribution is -2.32. The summed E-state index contributed by atoms with van der Waals surface area (Å²) in [5.41, 5.74) is 1.80. The maximum atomic E-state index is 13.5. The standard InChI is InChI=1S/C23H25N3O5S2/c1-14-13-26(22(27)21-15(2)19-12-17(30-5)9-10-20(19)31-21)23(32-14)24-16-7-6-8-18(11-16)33(28,29)25(3)4/h6-12,14H,13H2,1-5H3. The van der Waals surface area contributed by atoms with Gasteiger partial charge >= 0.3 is 0 Å². The monoisotopic (exact) mass is 487 g/mol. The highest BCUT2D eigenvalue weighted by Gasteiger charge is 2.34. The van der Waals surface area contributed by atoms with Gasteiger partial charge in [-0.25, -0.2) is 17.7 Å². The maximum absolute atomic E-state index is 13.5. The van der Waals surface area contributed by atoms with Crippen LogP contribution in [0.1, 0.15) is 23.0 Å². The summed E-state index contributed by atoms with van der Waals surface area (Å²) in [6.45, 7) is 4.33. The normalized spacial score (nSPS) is 17.9. The summed E-state index contributed by atoms with van der Waals surface area (Å²) in [4.78, 5) is 19.8. The van der Waals surface area contributed by atoms with E-state index in [2.05, 4.69) is 4.99 Å². The van der Waals surface area contributed by atoms with Gasteiger partial charge in [-0.2, -0.15) is 0 Å². The average molecular weight is 488 g/mol. The number of carbonyl (C=O) groups excluding carboxylic acids is 1. The number of fused-ring (bicyclic) bond motifs is 1. The van der Waals surface area contributed by atoms with E-state index in [9.17, 15) is 13.2 Å². The summed E-state index contributed by atoms with van der Waals surface area (Å²) < 4.78 is 37.3. The van der Waals surface area contributed by atoms with Crippen molar-refractivity contribution in [3.05, 3.63) is 53.8 Å². The second-order valence-electron chi connectivity index (χ2n) is 7.94. The van der Waals surface area contributed by atoms with E-state index in [0.29, 0.717) is 28.7 Å². The van der Waals surface area contributed by atoms with Crippen LogP contribution in [0.15, 0.2) is 56.8 Å². The van der Waals surface area contributed by atoms with Crippen LogP contribution in [0.4, 0.5) is 5.69 Å². The third-order valence-corrected chi connectivity index (χ3v) is 8.27. The number of thioether (sulfide) groups is 1. The molecule has 0 radical (unpaired) electrons. The first kappa shape index (κ1) is 23.3. The third-order valence-electron chi connectivity index (χ3n) is 5.38. The van der Waals surface area contributed by atoms with Crippen LogP contribution in [-0.2, 0) is 10.0 Å². The molecule has 2 heterocycles. The number of carbonyl (C=O) groups is 1. The van der Waals surface area contributed by atoms with Crippen molar-refractivity contribution in [2.75, 3.05) is 27.7 Å². The summed E-state index contributed by atoms with van der Waals surface area (Å²) in [6.07, 6.45) is 0. The van der Waals surface area contributed by atoms with Crippen molar-refractivity contribution in [2.24, 2.45) is 4.99 Å². The molecule has 1 saturated heterocycles. The van der Waals surface area contributed by atoms with E-state index < -0.39 is 10.0 Å². The lowest BCUT2D eigenvalue weighted by atomic mass is 10.1. The Labute approximate surface area is 197 Å². The van der Waals surface area contributed by atoms with Gasteiger partial charge in [-0.1, -0.05) is 24.8 Å². The Morgan fingerprint density at radius 2 is 2.00 bits per heavy atom. The Morgan fingerprint density at radius 3 is 2.70 bits per heavy atom. The molecule has 0 aliphatic carbocycles. The molecule has 0 saturated carbocycles. The molecule has 1 unspecified atom stereocenters. The summed E-state index contributed by atoms with van der Waals surface area (Å²) in [5, 5.41) is 1.45. The number of methoxy groups -OCH3 is 1. The molecule has 1 aliphatic rings. The van der Waals surface area contributed by atoms with Gasteiger partial charge in [0.25, 0.3) is 5.91 Å². The molecule has 3 aromatic rings. The van der Waals surface area contributed by atoms with E-state index in [1.54, 1.807) is 36.3 Å². The summed E-state index contributed by atoms with van der Waals surface area (Å²) in [5.74, 6) is 0.658. The molecular weight excluding hydrogens is 462 g/mol. The first-order chi connectivity index (χ1) is 15.6. The summed E-state index contributed by atoms with van der Waals surface area (Å²) >= 11 is 1.46. The quantitative estimate of drug-likeness (QED) is 0.534. The van der Waals surface area contributed by atoms with Crippen LogP contribution in [0.5, 0.6) is 5.75 Å². The number of benzene rings is 2. The SMILES string of the molecule is COc1ccc2oc(C(=O)N3CC(C)SC3=Nc3cccc(S(=O)(=O)N(C)C)c3)c(C)c2c1. The van der Waals surface area contributed by atoms with Crippen molar-refractivity contribution in [1.82, 2.24) is 9.21 Å². The lowest BCUT2D eigenvalue weighted by molar-refractivity contribution is 0.0826. The fourth-order valence-electron chi connectivity index (χ4n) is 3.56. The molecule has 10 heteroatoms. The number of sulfonamides is 1. The highest BCUT2D eigenvalue weighted by atomic mass is 32.2. The number of ether oxygens (including phenoxy) is 1. The zero-order chi connectivity index (χ0) is 23.9. The molecule has 8 nitrogen and oxygen atoms in total. The molecule has 0 bridgehead atoms. The minimum absolute atomic E-state index is 0.131. The molecule has 0 spiro atoms. The van der Waals surface area contributed by atoms with Crippen LogP contribution in [0.3, 0.4) is 0 Å². The zero-order valence-corrected chi connectivity index (χ0v) is 20.7. The predicted octanol–water partition coefficient (Wildman–Crippen LogP) is 4.27. The minimum atomic E-state index is -3.59. The third kappa shape index (κ3) is 4.38. The van der Waals surface area contributed by atoms with E-state index in [-0.39, 0.29) is 21.8 Å². The van der Waals surface area contributed by atoms with Gasteiger partial charge in [0.2, 0.25) is 10.0 Å². The molecule has 0 N–H and O–H groups in total. The first-order valence-electron chi connectivity index (χ1n) is 10.3. The van der Waals surface area contributed by atoms with Crippen molar-refractivity contribution in [3.63, 3.8) is 0 Å². The number of rotatable bonds is 5. The number of aryl methyl sites for hydroxylation is 1. The Balaban J connectivity index is 1.70. The highest BCUT2D eigenvalue weighted by molar-refractivity contribution is 8.14. The van der Waals surface area contributed by atoms with Gasteiger partial charge in [0.05, 0.1) is 17.7 Å². The van der Waals surface area contributed by atoms with E-state index >= 15 is 0 Å². The van der Waals surface area contributed by atoms with Crippen LogP contribution >= 0.6 is 11.8 Å². The molecule has 1 atom stereocenters. The smallest absolute Gasteiger partial charge is 0.295 e. The van der Waals surface area contributed by atoms with Crippen LogP contribution in [-0.4, -0.2) is 61.7 Å². The van der Waals surface area contributed by atoms with Gasteiger partial charge in [-0.3, -0.25) is 9.69 Å². The summed E-state index contributed by atoms with van der Waals surface area (Å²) in [7, 11) is 0.959. The molecule has 1 amide bonds. The van der Waals surface area contributed by atoms with Gasteiger partial charge in [0, 0.05) is 36.8 Å². The molecule has 2 aromatic carbocycles. The van der Waals surface area contributed by atoms with E-state index in [1.165, 1.54) is 38.0 Å². The minimum Gasteiger partial charge on any atom is -0.497 e. The van der Waals surface area contributed by atoms with Crippen molar-refractivity contribution in [2.45, 2.75) is 24.0 Å². The van der Waals surface area contributed by atoms with E-state index in [1.807, 2.05) is 19.9 Å². The number of amidine groups is 1. The molecular formula is C23H25N3O5S2. The van der Waals surface area contributed by atoms with Gasteiger partial charge in [0.15, 0.2) is 10.9 Å². The second-order valence-corrected chi connectivity index (χ2v) is 11.5. The Morgan fingerprint density at radius 1 is 1.24 bits per heavy atom. The van der Waals surface area contributed by atoms with Crippen molar-refractivity contribution in [3.8, 4) is 5.75 Å². The summed E-state index contributed by atoms with van der Waals surface area (Å²) in [6, 6.07) is 11.8. The molecule has 1 aliphatic heterocycles. The lowest BCUT2D eigenvalue weighted by Gasteiger charge is -2.15. The number of aliphatic imine (C=N–C) groups is 1. The molecule has 33 heavy (non-hydrogen) atoms. The Hall–Kier alpha value is -2.82. The van der Waals surface area contributed by atoms with Crippen molar-refractivity contribution in [1.29, 1.82) is 0 Å². The van der Waals surface area contributed by atoms with E-state index in [4.69, 9.17) is 9.15 Å². The average Bonchev–Trinajstić information content (AvgIpc) is 3.32. The Bertz CT molecular complexity index is 1360. The first-order valence-corrected chi connectivity index (χ1v) is 12.6. The van der Waals surface area contributed by atoms with Crippen molar-refractivity contribution < 1.29 is 22.4 Å². The van der Waals surface area contributed by atoms with E-state index in [0.717, 1.165) is 15.3 Å². The number of hydrogen-bond donors (Lipinski definition) is 0. The van der Waals surface area contributed by atoms with Crippen LogP contribution in [0.2, 0.25) is 0 Å². The van der Waals surface area contributed by atoms with Crippen LogP contribution in [0.25, 0.3) is 11.0 Å². The van der Waals surface area contributed by atoms with Crippen LogP contribution in [0, 0.1) is 6.92 Å². The second kappa shape index (κ2) is 8.85. The highest BCUT2D eigenvalue weighted by Crippen LogP contribution is 2.34. The number of furan rings is 1. The fourth-order valence-corrected chi connectivity index (χ4v) is 5.53. The number of hydrogen-bond acceptors (Lipinski definition) is 7. The zero-order valence-electron chi connectivity index (χ0n) is 19.0. The molecule has 174 valence electrons. The fraction of sp³-hybridized carbons (Fsp3) is 0.304. The van der Waals surface area contributed by atoms with Crippen molar-refractivity contribution >= 4 is 49.5 Å². The predicted molar refractivity (Wildman–Crippen MR) is 130 cm³/mol. The molecule has 4 rings (SSSR count). The van der Waals surface area contributed by atoms with Gasteiger partial charge < -0.3 is 9.15 Å². The topological polar surface area (TPSA) is 92.4 Å². The number of amides is 1.